The van der Waals surface area contributed by atoms with Gasteiger partial charge in [0, 0.05) is 49.8 Å². The highest BCUT2D eigenvalue weighted by Gasteiger charge is 2.24. The van der Waals surface area contributed by atoms with Crippen molar-refractivity contribution in [2.75, 3.05) is 17.8 Å². The van der Waals surface area contributed by atoms with Gasteiger partial charge in [-0.25, -0.2) is 13.4 Å². The summed E-state index contributed by atoms with van der Waals surface area (Å²) in [6.07, 6.45) is 1.36. The minimum absolute atomic E-state index is 0.0639. The standard InChI is InChI=1S/C28H28N6O4S/c1-17-4-5-21(16-29)26(14-17)39(36,37)33-22-8-6-20(7-9-22)24-15-25-27(18(2)31-32-25)28(30-24)38-23-10-12-34(13-11-23)19(3)35/h4-9,14-15,23,33H,10-13H2,1-3H3,(H,31,32). The molecule has 0 aliphatic carbocycles. The van der Waals surface area contributed by atoms with E-state index in [9.17, 15) is 18.5 Å². The molecule has 1 aliphatic heterocycles. The van der Waals surface area contributed by atoms with Crippen LogP contribution in [0.2, 0.25) is 0 Å². The normalized spacial score (nSPS) is 14.3. The number of aromatic amines is 1. The number of H-pyrrole nitrogens is 1. The number of carbonyl (C=O) groups excluding carboxylic acids is 1. The number of carbonyl (C=O) groups is 1. The molecule has 1 aliphatic rings. The average Bonchev–Trinajstić information content (AvgIpc) is 3.30. The van der Waals surface area contributed by atoms with Crippen LogP contribution in [0.4, 0.5) is 5.69 Å². The molecule has 0 atom stereocenters. The molecule has 0 saturated carbocycles. The van der Waals surface area contributed by atoms with Crippen molar-refractivity contribution in [2.45, 2.75) is 44.6 Å². The van der Waals surface area contributed by atoms with Crippen molar-refractivity contribution in [1.29, 1.82) is 5.26 Å². The first-order valence-electron chi connectivity index (χ1n) is 12.6. The van der Waals surface area contributed by atoms with E-state index in [-0.39, 0.29) is 22.5 Å². The maximum atomic E-state index is 13.0. The lowest BCUT2D eigenvalue weighted by Crippen LogP contribution is -2.40. The first-order valence-corrected chi connectivity index (χ1v) is 14.0. The lowest BCUT2D eigenvalue weighted by molar-refractivity contribution is -0.130. The Labute approximate surface area is 226 Å². The molecular weight excluding hydrogens is 516 g/mol. The lowest BCUT2D eigenvalue weighted by atomic mass is 10.1. The van der Waals surface area contributed by atoms with Crippen LogP contribution in [0.1, 0.15) is 36.6 Å². The van der Waals surface area contributed by atoms with Crippen molar-refractivity contribution in [2.24, 2.45) is 0 Å². The molecular formula is C28H28N6O4S. The smallest absolute Gasteiger partial charge is 0.263 e. The van der Waals surface area contributed by atoms with Crippen LogP contribution < -0.4 is 9.46 Å². The molecule has 5 rings (SSSR count). The summed E-state index contributed by atoms with van der Waals surface area (Å²) < 4.78 is 34.9. The third kappa shape index (κ3) is 5.42. The van der Waals surface area contributed by atoms with Crippen molar-refractivity contribution in [1.82, 2.24) is 20.1 Å². The van der Waals surface area contributed by atoms with E-state index in [0.717, 1.165) is 22.2 Å². The fraction of sp³-hybridized carbons (Fsp3) is 0.286. The Balaban J connectivity index is 1.40. The highest BCUT2D eigenvalue weighted by atomic mass is 32.2. The van der Waals surface area contributed by atoms with Gasteiger partial charge in [-0.2, -0.15) is 10.4 Å². The van der Waals surface area contributed by atoms with E-state index in [2.05, 4.69) is 14.9 Å². The molecule has 0 unspecified atom stereocenters. The number of piperidine rings is 1. The van der Waals surface area contributed by atoms with Crippen molar-refractivity contribution >= 4 is 32.5 Å². The molecule has 0 radical (unpaired) electrons. The Morgan fingerprint density at radius 2 is 1.85 bits per heavy atom. The maximum absolute atomic E-state index is 13.0. The molecule has 1 saturated heterocycles. The number of aryl methyl sites for hydroxylation is 2. The van der Waals surface area contributed by atoms with E-state index < -0.39 is 10.0 Å². The molecule has 200 valence electrons. The molecule has 0 spiro atoms. The Morgan fingerprint density at radius 3 is 2.51 bits per heavy atom. The predicted octanol–water partition coefficient (Wildman–Crippen LogP) is 4.30. The van der Waals surface area contributed by atoms with Crippen LogP contribution in [0, 0.1) is 25.2 Å². The van der Waals surface area contributed by atoms with Gasteiger partial charge in [-0.05, 0) is 49.7 Å². The monoisotopic (exact) mass is 544 g/mol. The topological polar surface area (TPSA) is 141 Å². The van der Waals surface area contributed by atoms with Gasteiger partial charge in [0.1, 0.15) is 17.1 Å². The SMILES string of the molecule is CC(=O)N1CCC(Oc2nc(-c3ccc(NS(=O)(=O)c4cc(C)ccc4C#N)cc3)cc3n[nH]c(C)c23)CC1. The highest BCUT2D eigenvalue weighted by molar-refractivity contribution is 7.92. The van der Waals surface area contributed by atoms with Gasteiger partial charge >= 0.3 is 0 Å². The Bertz CT molecular complexity index is 1700. The van der Waals surface area contributed by atoms with Gasteiger partial charge < -0.3 is 9.64 Å². The second-order valence-electron chi connectivity index (χ2n) is 9.67. The van der Waals surface area contributed by atoms with E-state index in [1.807, 2.05) is 24.0 Å². The first-order chi connectivity index (χ1) is 18.6. The van der Waals surface area contributed by atoms with Crippen molar-refractivity contribution in [3.63, 3.8) is 0 Å². The molecule has 1 fully saturated rings. The van der Waals surface area contributed by atoms with E-state index >= 15 is 0 Å². The number of nitrogens with one attached hydrogen (secondary N) is 2. The van der Waals surface area contributed by atoms with Gasteiger partial charge in [-0.3, -0.25) is 14.6 Å². The second kappa shape index (κ2) is 10.4. The molecule has 11 heteroatoms. The molecule has 4 aromatic rings. The number of likely N-dealkylation sites (tertiary alicyclic amines) is 1. The molecule has 2 N–H and O–H groups in total. The van der Waals surface area contributed by atoms with Crippen molar-refractivity contribution < 1.29 is 17.9 Å². The lowest BCUT2D eigenvalue weighted by Gasteiger charge is -2.31. The van der Waals surface area contributed by atoms with Crippen LogP contribution in [0.5, 0.6) is 5.88 Å². The minimum Gasteiger partial charge on any atom is -0.474 e. The third-order valence-corrected chi connectivity index (χ3v) is 8.25. The summed E-state index contributed by atoms with van der Waals surface area (Å²) in [5.74, 6) is 0.542. The summed E-state index contributed by atoms with van der Waals surface area (Å²) in [4.78, 5) is 18.2. The number of aromatic nitrogens is 3. The summed E-state index contributed by atoms with van der Waals surface area (Å²) >= 11 is 0. The Morgan fingerprint density at radius 1 is 1.13 bits per heavy atom. The number of fused-ring (bicyclic) bond motifs is 1. The van der Waals surface area contributed by atoms with Crippen LogP contribution >= 0.6 is 0 Å². The zero-order valence-electron chi connectivity index (χ0n) is 21.9. The Hall–Kier alpha value is -4.43. The second-order valence-corrected chi connectivity index (χ2v) is 11.3. The van der Waals surface area contributed by atoms with Crippen LogP contribution in [0.25, 0.3) is 22.2 Å². The fourth-order valence-corrected chi connectivity index (χ4v) is 5.99. The van der Waals surface area contributed by atoms with Gasteiger partial charge in [-0.15, -0.1) is 0 Å². The molecule has 2 aromatic heterocycles. The zero-order valence-corrected chi connectivity index (χ0v) is 22.7. The third-order valence-electron chi connectivity index (χ3n) is 6.83. The van der Waals surface area contributed by atoms with Crippen molar-refractivity contribution in [3.8, 4) is 23.2 Å². The number of rotatable bonds is 6. The highest BCUT2D eigenvalue weighted by Crippen LogP contribution is 2.32. The fourth-order valence-electron chi connectivity index (χ4n) is 4.69. The summed E-state index contributed by atoms with van der Waals surface area (Å²) in [7, 11) is -3.96. The van der Waals surface area contributed by atoms with Gasteiger partial charge in [0.05, 0.1) is 22.2 Å². The average molecular weight is 545 g/mol. The zero-order chi connectivity index (χ0) is 27.7. The number of hydrogen-bond donors (Lipinski definition) is 2. The van der Waals surface area contributed by atoms with Gasteiger partial charge in [0.15, 0.2) is 0 Å². The molecule has 10 nitrogen and oxygen atoms in total. The van der Waals surface area contributed by atoms with Crippen LogP contribution in [-0.4, -0.2) is 53.6 Å². The number of hydrogen-bond acceptors (Lipinski definition) is 7. The van der Waals surface area contributed by atoms with Crippen LogP contribution in [0.15, 0.2) is 53.4 Å². The molecule has 39 heavy (non-hydrogen) atoms. The largest absolute Gasteiger partial charge is 0.474 e. The number of amides is 1. The Kier molecular flexibility index (Phi) is 6.97. The molecule has 2 aromatic carbocycles. The summed E-state index contributed by atoms with van der Waals surface area (Å²) in [6, 6.07) is 15.3. The maximum Gasteiger partial charge on any atom is 0.263 e. The van der Waals surface area contributed by atoms with Crippen LogP contribution in [-0.2, 0) is 14.8 Å². The number of ether oxygens (including phenoxy) is 1. The molecule has 0 bridgehead atoms. The van der Waals surface area contributed by atoms with E-state index in [1.165, 1.54) is 12.1 Å². The van der Waals surface area contributed by atoms with Crippen LogP contribution in [0.3, 0.4) is 0 Å². The van der Waals surface area contributed by atoms with E-state index in [4.69, 9.17) is 9.72 Å². The predicted molar refractivity (Wildman–Crippen MR) is 147 cm³/mol. The van der Waals surface area contributed by atoms with Gasteiger partial charge in [-0.1, -0.05) is 18.2 Å². The molecule has 3 heterocycles. The summed E-state index contributed by atoms with van der Waals surface area (Å²) in [5.41, 5.74) is 4.11. The molecule has 1 amide bonds. The van der Waals surface area contributed by atoms with Crippen molar-refractivity contribution in [3.05, 3.63) is 65.4 Å². The quantitative estimate of drug-likeness (QED) is 0.369. The number of anilines is 1. The number of nitrogens with zero attached hydrogens (tertiary/aromatic N) is 4. The number of benzene rings is 2. The minimum atomic E-state index is -3.96. The van der Waals surface area contributed by atoms with Gasteiger partial charge in [0.2, 0.25) is 11.8 Å². The first kappa shape index (κ1) is 26.2. The number of sulfonamides is 1. The number of pyridine rings is 1. The number of nitriles is 1. The summed E-state index contributed by atoms with van der Waals surface area (Å²) in [5, 5.41) is 17.6. The summed E-state index contributed by atoms with van der Waals surface area (Å²) in [6.45, 7) is 6.54. The van der Waals surface area contributed by atoms with Gasteiger partial charge in [0.25, 0.3) is 10.0 Å². The van der Waals surface area contributed by atoms with E-state index in [0.29, 0.717) is 48.7 Å². The van der Waals surface area contributed by atoms with E-state index in [1.54, 1.807) is 44.2 Å².